The molecule has 0 bridgehead atoms. The van der Waals surface area contributed by atoms with E-state index in [4.69, 9.17) is 5.73 Å². The van der Waals surface area contributed by atoms with E-state index >= 15 is 0 Å². The van der Waals surface area contributed by atoms with Crippen LogP contribution in [0, 0.1) is 57.0 Å². The van der Waals surface area contributed by atoms with E-state index in [0.717, 1.165) is 12.1 Å². The minimum atomic E-state index is -1.84. The van der Waals surface area contributed by atoms with Gasteiger partial charge in [0.25, 0.3) is 0 Å². The van der Waals surface area contributed by atoms with Crippen LogP contribution in [0.4, 0.5) is 8.78 Å². The van der Waals surface area contributed by atoms with Crippen molar-refractivity contribution >= 4 is 0 Å². The van der Waals surface area contributed by atoms with E-state index in [2.05, 4.69) is 0 Å². The second kappa shape index (κ2) is 6.26. The molecule has 0 spiro atoms. The van der Waals surface area contributed by atoms with Crippen LogP contribution in [-0.2, 0) is 0 Å². The highest BCUT2D eigenvalue weighted by Crippen LogP contribution is 2.54. The van der Waals surface area contributed by atoms with Gasteiger partial charge in [0, 0.05) is 24.9 Å². The van der Waals surface area contributed by atoms with Crippen LogP contribution in [0.15, 0.2) is 41.1 Å². The van der Waals surface area contributed by atoms with Crippen molar-refractivity contribution in [2.75, 3.05) is 20.1 Å². The van der Waals surface area contributed by atoms with Crippen molar-refractivity contribution in [3.05, 3.63) is 58.3 Å². The third-order valence-electron chi connectivity index (χ3n) is 5.15. The predicted octanol–water partition coefficient (Wildman–Crippen LogP) is 2.32. The first-order chi connectivity index (χ1) is 12.4. The molecule has 1 aromatic carbocycles. The lowest BCUT2D eigenvalue weighted by Gasteiger charge is -2.45. The molecular formula is C19H15F2N5. The lowest BCUT2D eigenvalue weighted by molar-refractivity contribution is 0.237. The molecule has 0 amide bonds. The van der Waals surface area contributed by atoms with Gasteiger partial charge < -0.3 is 10.6 Å². The largest absolute Gasteiger partial charge is 0.399 e. The molecule has 1 aliphatic carbocycles. The van der Waals surface area contributed by atoms with Crippen LogP contribution < -0.4 is 5.73 Å². The molecule has 0 fully saturated rings. The fourth-order valence-corrected chi connectivity index (χ4v) is 3.91. The quantitative estimate of drug-likeness (QED) is 0.837. The predicted molar refractivity (Wildman–Crippen MR) is 88.7 cm³/mol. The average Bonchev–Trinajstić information content (AvgIpc) is 2.63. The zero-order valence-corrected chi connectivity index (χ0v) is 14.0. The summed E-state index contributed by atoms with van der Waals surface area (Å²) < 4.78 is 27.3. The molecule has 130 valence electrons. The number of rotatable bonds is 1. The molecule has 5 nitrogen and oxygen atoms in total. The van der Waals surface area contributed by atoms with Gasteiger partial charge in [0.05, 0.1) is 23.4 Å². The van der Waals surface area contributed by atoms with Crippen LogP contribution in [0.3, 0.4) is 0 Å². The van der Waals surface area contributed by atoms with Gasteiger partial charge in [0.2, 0.25) is 0 Å². The first kappa shape index (κ1) is 17.6. The minimum Gasteiger partial charge on any atom is -0.399 e. The summed E-state index contributed by atoms with van der Waals surface area (Å²) in [6, 6.07) is 9.26. The molecule has 1 heterocycles. The molecule has 2 aliphatic rings. The third kappa shape index (κ3) is 2.36. The molecule has 26 heavy (non-hydrogen) atoms. The van der Waals surface area contributed by atoms with E-state index in [1.165, 1.54) is 6.07 Å². The van der Waals surface area contributed by atoms with E-state index in [1.54, 1.807) is 0 Å². The zero-order valence-electron chi connectivity index (χ0n) is 14.0. The number of nitrogens with zero attached hydrogens (tertiary/aromatic N) is 4. The summed E-state index contributed by atoms with van der Waals surface area (Å²) in [4.78, 5) is 1.97. The van der Waals surface area contributed by atoms with Crippen LogP contribution >= 0.6 is 0 Å². The van der Waals surface area contributed by atoms with Crippen LogP contribution in [-0.4, -0.2) is 25.0 Å². The topological polar surface area (TPSA) is 101 Å². The Morgan fingerprint density at radius 3 is 2.46 bits per heavy atom. The number of benzene rings is 1. The first-order valence-electron chi connectivity index (χ1n) is 7.96. The van der Waals surface area contributed by atoms with Crippen LogP contribution in [0.2, 0.25) is 0 Å². The normalized spacial score (nSPS) is 24.7. The Morgan fingerprint density at radius 2 is 1.88 bits per heavy atom. The number of likely N-dealkylation sites (N-methyl/N-ethyl adjacent to an activating group) is 1. The molecule has 7 heteroatoms. The van der Waals surface area contributed by atoms with Gasteiger partial charge >= 0.3 is 0 Å². The van der Waals surface area contributed by atoms with Crippen molar-refractivity contribution in [2.24, 2.45) is 17.1 Å². The Balaban J connectivity index is 2.34. The van der Waals surface area contributed by atoms with Crippen LogP contribution in [0.25, 0.3) is 0 Å². The monoisotopic (exact) mass is 351 g/mol. The summed E-state index contributed by atoms with van der Waals surface area (Å²) in [6.45, 7) is 1.04. The Labute approximate surface area is 149 Å². The summed E-state index contributed by atoms with van der Waals surface area (Å²) in [5, 5.41) is 29.2. The van der Waals surface area contributed by atoms with E-state index in [0.29, 0.717) is 24.2 Å². The van der Waals surface area contributed by atoms with Gasteiger partial charge in [-0.1, -0.05) is 12.1 Å². The third-order valence-corrected chi connectivity index (χ3v) is 5.15. The molecule has 1 aromatic rings. The molecule has 0 radical (unpaired) electrons. The Kier molecular flexibility index (Phi) is 4.24. The van der Waals surface area contributed by atoms with Crippen molar-refractivity contribution in [3.8, 4) is 18.2 Å². The van der Waals surface area contributed by atoms with E-state index in [-0.39, 0.29) is 11.3 Å². The minimum absolute atomic E-state index is 0.130. The van der Waals surface area contributed by atoms with Crippen LogP contribution in [0.1, 0.15) is 11.5 Å². The number of fused-ring (bicyclic) bond motifs is 1. The summed E-state index contributed by atoms with van der Waals surface area (Å²) >= 11 is 0. The lowest BCUT2D eigenvalue weighted by Crippen LogP contribution is -2.47. The maximum Gasteiger partial charge on any atom is 0.191 e. The zero-order chi connectivity index (χ0) is 19.1. The van der Waals surface area contributed by atoms with Crippen molar-refractivity contribution in [1.82, 2.24) is 4.90 Å². The number of allylic oxidation sites excluding steroid dienone is 2. The maximum atomic E-state index is 13.9. The molecule has 2 atom stereocenters. The highest BCUT2D eigenvalue weighted by molar-refractivity contribution is 5.59. The Hall–Kier alpha value is -3.21. The SMILES string of the molecule is CN1CC=C2C(C#N)=C(N)C(C#N)(C#N)[C@H](c3ccc(F)c(F)c3)[C@H]2C1. The van der Waals surface area contributed by atoms with Crippen molar-refractivity contribution < 1.29 is 8.78 Å². The van der Waals surface area contributed by atoms with Gasteiger partial charge in [-0.3, -0.25) is 0 Å². The first-order valence-corrected chi connectivity index (χ1v) is 7.96. The molecule has 0 aromatic heterocycles. The fourth-order valence-electron chi connectivity index (χ4n) is 3.91. The van der Waals surface area contributed by atoms with Gasteiger partial charge in [-0.2, -0.15) is 15.8 Å². The second-order valence-electron chi connectivity index (χ2n) is 6.57. The average molecular weight is 351 g/mol. The van der Waals surface area contributed by atoms with Gasteiger partial charge in [-0.05, 0) is 30.3 Å². The molecule has 2 N–H and O–H groups in total. The smallest absolute Gasteiger partial charge is 0.191 e. The summed E-state index contributed by atoms with van der Waals surface area (Å²) in [6.07, 6.45) is 1.84. The molecule has 0 saturated carbocycles. The second-order valence-corrected chi connectivity index (χ2v) is 6.57. The number of hydrogen-bond acceptors (Lipinski definition) is 5. The van der Waals surface area contributed by atoms with Crippen molar-refractivity contribution in [3.63, 3.8) is 0 Å². The molecule has 3 rings (SSSR count). The lowest BCUT2D eigenvalue weighted by atomic mass is 9.58. The number of hydrogen-bond donors (Lipinski definition) is 1. The summed E-state index contributed by atoms with van der Waals surface area (Å²) in [5.41, 5.74) is 5.23. The molecule has 0 unspecified atom stereocenters. The van der Waals surface area contributed by atoms with Gasteiger partial charge in [-0.25, -0.2) is 8.78 Å². The van der Waals surface area contributed by atoms with Gasteiger partial charge in [-0.15, -0.1) is 0 Å². The van der Waals surface area contributed by atoms with E-state index < -0.39 is 28.9 Å². The van der Waals surface area contributed by atoms with Crippen LogP contribution in [0.5, 0.6) is 0 Å². The van der Waals surface area contributed by atoms with Gasteiger partial charge in [0.1, 0.15) is 6.07 Å². The highest BCUT2D eigenvalue weighted by atomic mass is 19.2. The number of nitrogens with two attached hydrogens (primary N) is 1. The number of halogens is 2. The van der Waals surface area contributed by atoms with E-state index in [1.807, 2.05) is 36.2 Å². The summed E-state index contributed by atoms with van der Waals surface area (Å²) in [5.74, 6) is -3.31. The van der Waals surface area contributed by atoms with Crippen molar-refractivity contribution in [2.45, 2.75) is 5.92 Å². The molecular weight excluding hydrogens is 336 g/mol. The van der Waals surface area contributed by atoms with Gasteiger partial charge in [0.15, 0.2) is 17.0 Å². The summed E-state index contributed by atoms with van der Waals surface area (Å²) in [7, 11) is 1.86. The standard InChI is InChI=1S/C19H15F2N5/c1-26-5-4-12-13(7-22)18(25)19(9-23,10-24)17(14(12)8-26)11-2-3-15(20)16(21)6-11/h2-4,6,14,17H,5,8,25H2,1H3/t14-,17+/m0/s1. The molecule has 0 saturated heterocycles. The molecule has 1 aliphatic heterocycles. The fraction of sp³-hybridized carbons (Fsp3) is 0.316. The number of nitriles is 3. The Bertz CT molecular complexity index is 944. The maximum absolute atomic E-state index is 13.9. The van der Waals surface area contributed by atoms with Crippen molar-refractivity contribution in [1.29, 1.82) is 15.8 Å². The highest BCUT2D eigenvalue weighted by Gasteiger charge is 2.54. The Morgan fingerprint density at radius 1 is 1.19 bits per heavy atom. The van der Waals surface area contributed by atoms with E-state index in [9.17, 15) is 24.6 Å².